The molecule has 1 N–H and O–H groups in total. The SMILES string of the molecule is C1CS1.CNCSC. The van der Waals surface area contributed by atoms with Gasteiger partial charge in [-0.3, -0.25) is 0 Å². The monoisotopic (exact) mass is 151 g/mol. The fraction of sp³-hybridized carbons (Fsp3) is 1.00. The van der Waals surface area contributed by atoms with Crippen molar-refractivity contribution < 1.29 is 0 Å². The first kappa shape index (κ1) is 8.66. The number of thioether (sulfide) groups is 2. The van der Waals surface area contributed by atoms with Gasteiger partial charge in [0, 0.05) is 17.4 Å². The van der Waals surface area contributed by atoms with Gasteiger partial charge in [-0.05, 0) is 13.3 Å². The summed E-state index contributed by atoms with van der Waals surface area (Å²) in [6, 6.07) is 0. The molecule has 1 aliphatic rings. The molecule has 0 amide bonds. The van der Waals surface area contributed by atoms with Crippen LogP contribution in [0.3, 0.4) is 0 Å². The lowest BCUT2D eigenvalue weighted by Gasteiger charge is -1.84. The molecule has 0 atom stereocenters. The van der Waals surface area contributed by atoms with E-state index in [1.807, 2.05) is 18.8 Å². The number of rotatable bonds is 2. The Morgan fingerprint density at radius 2 is 2.12 bits per heavy atom. The summed E-state index contributed by atoms with van der Waals surface area (Å²) in [6.45, 7) is 0. The van der Waals surface area contributed by atoms with Crippen LogP contribution in [0.1, 0.15) is 0 Å². The zero-order chi connectivity index (χ0) is 6.24. The number of nitrogens with one attached hydrogen (secondary N) is 1. The van der Waals surface area contributed by atoms with Crippen LogP contribution in [0.25, 0.3) is 0 Å². The minimum absolute atomic E-state index is 1.06. The van der Waals surface area contributed by atoms with E-state index < -0.39 is 0 Å². The zero-order valence-corrected chi connectivity index (χ0v) is 7.07. The van der Waals surface area contributed by atoms with Gasteiger partial charge in [0.25, 0.3) is 0 Å². The predicted octanol–water partition coefficient (Wildman–Crippen LogP) is 1.26. The normalized spacial score (nSPS) is 14.2. The summed E-state index contributed by atoms with van der Waals surface area (Å²) in [6.07, 6.45) is 2.07. The molecule has 0 bridgehead atoms. The lowest BCUT2D eigenvalue weighted by atomic mass is 11.0. The van der Waals surface area contributed by atoms with Gasteiger partial charge >= 0.3 is 0 Å². The average Bonchev–Trinajstić information content (AvgIpc) is 2.50. The van der Waals surface area contributed by atoms with E-state index in [1.54, 1.807) is 11.8 Å². The third-order valence-corrected chi connectivity index (χ3v) is 1.48. The molecule has 1 heterocycles. The van der Waals surface area contributed by atoms with E-state index in [1.165, 1.54) is 11.5 Å². The van der Waals surface area contributed by atoms with Gasteiger partial charge in [0.05, 0.1) is 0 Å². The van der Waals surface area contributed by atoms with Crippen LogP contribution in [-0.2, 0) is 0 Å². The maximum atomic E-state index is 2.98. The zero-order valence-electron chi connectivity index (χ0n) is 5.44. The first-order valence-electron chi connectivity index (χ1n) is 2.63. The molecule has 1 fully saturated rings. The van der Waals surface area contributed by atoms with Crippen molar-refractivity contribution in [3.05, 3.63) is 0 Å². The van der Waals surface area contributed by atoms with E-state index in [2.05, 4.69) is 11.6 Å². The summed E-state index contributed by atoms with van der Waals surface area (Å²) >= 11 is 3.79. The van der Waals surface area contributed by atoms with Crippen LogP contribution < -0.4 is 5.32 Å². The van der Waals surface area contributed by atoms with Crippen LogP contribution in [-0.4, -0.2) is 30.7 Å². The van der Waals surface area contributed by atoms with E-state index in [0.29, 0.717) is 0 Å². The van der Waals surface area contributed by atoms with Crippen LogP contribution in [0.2, 0.25) is 0 Å². The molecular formula is C5H13NS2. The highest BCUT2D eigenvalue weighted by Gasteiger charge is 1.95. The molecular weight excluding hydrogens is 138 g/mol. The second-order valence-corrected chi connectivity index (χ2v) is 3.49. The van der Waals surface area contributed by atoms with Gasteiger partial charge in [-0.2, -0.15) is 11.8 Å². The third kappa shape index (κ3) is 15.9. The lowest BCUT2D eigenvalue weighted by molar-refractivity contribution is 0.985. The molecule has 0 aromatic carbocycles. The quantitative estimate of drug-likeness (QED) is 0.471. The van der Waals surface area contributed by atoms with Gasteiger partial charge in [0.15, 0.2) is 0 Å². The van der Waals surface area contributed by atoms with Gasteiger partial charge in [0.1, 0.15) is 0 Å². The highest BCUT2D eigenvalue weighted by molar-refractivity contribution is 8.06. The predicted molar refractivity (Wildman–Crippen MR) is 44.8 cm³/mol. The van der Waals surface area contributed by atoms with Crippen molar-refractivity contribution >= 4 is 23.5 Å². The standard InChI is InChI=1S/C3H9NS.C2H4S/c1-4-3-5-2;1-2-3-1/h4H,3H2,1-2H3;1-2H2. The van der Waals surface area contributed by atoms with E-state index in [9.17, 15) is 0 Å². The van der Waals surface area contributed by atoms with E-state index in [4.69, 9.17) is 0 Å². The van der Waals surface area contributed by atoms with Crippen LogP contribution in [0.15, 0.2) is 0 Å². The minimum atomic E-state index is 1.06. The van der Waals surface area contributed by atoms with E-state index in [0.717, 1.165) is 5.88 Å². The molecule has 1 saturated heterocycles. The Labute approximate surface area is 60.0 Å². The average molecular weight is 151 g/mol. The molecule has 0 spiro atoms. The second-order valence-electron chi connectivity index (χ2n) is 1.40. The van der Waals surface area contributed by atoms with Crippen LogP contribution in [0.5, 0.6) is 0 Å². The van der Waals surface area contributed by atoms with Crippen molar-refractivity contribution in [2.45, 2.75) is 0 Å². The Morgan fingerprint density at radius 1 is 1.62 bits per heavy atom. The summed E-state index contributed by atoms with van der Waals surface area (Å²) < 4.78 is 0. The van der Waals surface area contributed by atoms with Gasteiger partial charge in [-0.1, -0.05) is 0 Å². The Kier molecular flexibility index (Phi) is 8.29. The molecule has 3 heteroatoms. The molecule has 1 nitrogen and oxygen atoms in total. The molecule has 1 rings (SSSR count). The molecule has 1 aliphatic heterocycles. The van der Waals surface area contributed by atoms with Gasteiger partial charge in [-0.25, -0.2) is 0 Å². The molecule has 0 saturated carbocycles. The molecule has 0 aromatic heterocycles. The van der Waals surface area contributed by atoms with Crippen molar-refractivity contribution in [3.63, 3.8) is 0 Å². The minimum Gasteiger partial charge on any atom is -0.311 e. The molecule has 0 aromatic rings. The van der Waals surface area contributed by atoms with E-state index in [-0.39, 0.29) is 0 Å². The summed E-state index contributed by atoms with van der Waals surface area (Å²) in [4.78, 5) is 0. The number of hydrogen-bond acceptors (Lipinski definition) is 3. The second kappa shape index (κ2) is 7.66. The Morgan fingerprint density at radius 3 is 2.12 bits per heavy atom. The third-order valence-electron chi connectivity index (χ3n) is 0.493. The Balaban J connectivity index is 0.000000135. The lowest BCUT2D eigenvalue weighted by Crippen LogP contribution is -2.01. The number of hydrogen-bond donors (Lipinski definition) is 1. The largest absolute Gasteiger partial charge is 0.311 e. The van der Waals surface area contributed by atoms with Crippen LogP contribution in [0, 0.1) is 0 Å². The first-order chi connectivity index (χ1) is 3.91. The van der Waals surface area contributed by atoms with Crippen molar-refractivity contribution in [1.29, 1.82) is 0 Å². The molecule has 0 aliphatic carbocycles. The van der Waals surface area contributed by atoms with Crippen molar-refractivity contribution in [1.82, 2.24) is 5.32 Å². The smallest absolute Gasteiger partial charge is 0.0412 e. The first-order valence-corrected chi connectivity index (χ1v) is 5.18. The van der Waals surface area contributed by atoms with Crippen molar-refractivity contribution in [3.8, 4) is 0 Å². The fourth-order valence-corrected chi connectivity index (χ4v) is 0.433. The Hall–Kier alpha value is 0.660. The Bertz CT molecular complexity index is 34.7. The van der Waals surface area contributed by atoms with Crippen LogP contribution >= 0.6 is 23.5 Å². The van der Waals surface area contributed by atoms with Gasteiger partial charge < -0.3 is 5.32 Å². The molecule has 0 radical (unpaired) electrons. The van der Waals surface area contributed by atoms with Crippen molar-refractivity contribution in [2.75, 3.05) is 30.7 Å². The topological polar surface area (TPSA) is 12.0 Å². The molecule has 0 unspecified atom stereocenters. The summed E-state index contributed by atoms with van der Waals surface area (Å²) in [7, 11) is 1.94. The maximum absolute atomic E-state index is 2.98. The molecule has 50 valence electrons. The van der Waals surface area contributed by atoms with Crippen LogP contribution in [0.4, 0.5) is 0 Å². The summed E-state index contributed by atoms with van der Waals surface area (Å²) in [5.74, 6) is 3.89. The van der Waals surface area contributed by atoms with Gasteiger partial charge in [-0.15, -0.1) is 11.8 Å². The summed E-state index contributed by atoms with van der Waals surface area (Å²) in [5, 5.41) is 2.98. The highest BCUT2D eigenvalue weighted by atomic mass is 32.2. The van der Waals surface area contributed by atoms with Crippen molar-refractivity contribution in [2.24, 2.45) is 0 Å². The summed E-state index contributed by atoms with van der Waals surface area (Å²) in [5.41, 5.74) is 0. The van der Waals surface area contributed by atoms with E-state index >= 15 is 0 Å². The molecule has 8 heavy (non-hydrogen) atoms. The maximum Gasteiger partial charge on any atom is 0.0412 e. The highest BCUT2D eigenvalue weighted by Crippen LogP contribution is 2.14. The van der Waals surface area contributed by atoms with Gasteiger partial charge in [0.2, 0.25) is 0 Å². The fourth-order valence-electron chi connectivity index (χ4n) is 0.144.